The number of carbonyl (C=O) groups is 3. The lowest BCUT2D eigenvalue weighted by atomic mass is 9.93. The molecule has 2 amide bonds. The molecule has 0 bridgehead atoms. The second-order valence-corrected chi connectivity index (χ2v) is 9.56. The maximum atomic E-state index is 13.2. The zero-order valence-corrected chi connectivity index (χ0v) is 19.3. The van der Waals surface area contributed by atoms with Crippen molar-refractivity contribution in [1.29, 1.82) is 0 Å². The molecule has 0 aliphatic carbocycles. The predicted octanol–water partition coefficient (Wildman–Crippen LogP) is 1.98. The SMILES string of the molecule is CC(C)C[C@H](NC(=O)C(Cc1ccccc1)NC(=O)[C@@H](N)CC(C)C)C(=O)[C@@]1(C)CO1. The van der Waals surface area contributed by atoms with E-state index < -0.39 is 29.6 Å². The number of hydrogen-bond acceptors (Lipinski definition) is 5. The van der Waals surface area contributed by atoms with Crippen LogP contribution in [0.25, 0.3) is 0 Å². The van der Waals surface area contributed by atoms with Crippen LogP contribution in [0.3, 0.4) is 0 Å². The van der Waals surface area contributed by atoms with Gasteiger partial charge in [0.2, 0.25) is 11.8 Å². The van der Waals surface area contributed by atoms with Gasteiger partial charge in [0.15, 0.2) is 5.78 Å². The molecule has 31 heavy (non-hydrogen) atoms. The zero-order valence-electron chi connectivity index (χ0n) is 19.3. The third-order valence-corrected chi connectivity index (χ3v) is 5.42. The Morgan fingerprint density at radius 3 is 2.03 bits per heavy atom. The van der Waals surface area contributed by atoms with E-state index in [0.29, 0.717) is 25.9 Å². The van der Waals surface area contributed by atoms with Crippen molar-refractivity contribution in [3.8, 4) is 0 Å². The largest absolute Gasteiger partial charge is 0.361 e. The Kier molecular flexibility index (Phi) is 8.77. The van der Waals surface area contributed by atoms with Crippen LogP contribution in [0.15, 0.2) is 30.3 Å². The molecular formula is C24H37N3O4. The van der Waals surface area contributed by atoms with Crippen molar-refractivity contribution in [3.05, 3.63) is 35.9 Å². The van der Waals surface area contributed by atoms with E-state index in [2.05, 4.69) is 10.6 Å². The standard InChI is InChI=1S/C24H37N3O4/c1-15(2)11-18(25)22(29)27-20(13-17-9-7-6-8-10-17)23(30)26-19(12-16(3)4)21(28)24(5)14-31-24/h6-10,15-16,18-20H,11-14,25H2,1-5H3,(H,26,30)(H,27,29)/t18-,19-,20?,24+/m0/s1. The molecule has 1 saturated heterocycles. The first-order chi connectivity index (χ1) is 14.5. The Morgan fingerprint density at radius 2 is 1.52 bits per heavy atom. The van der Waals surface area contributed by atoms with Crippen LogP contribution in [-0.4, -0.2) is 47.9 Å². The topological polar surface area (TPSA) is 114 Å². The van der Waals surface area contributed by atoms with Crippen molar-refractivity contribution in [2.75, 3.05) is 6.61 Å². The van der Waals surface area contributed by atoms with E-state index in [1.54, 1.807) is 6.92 Å². The van der Waals surface area contributed by atoms with Gasteiger partial charge < -0.3 is 21.1 Å². The number of Topliss-reactive ketones (excluding diaryl/α,β-unsaturated/α-hetero) is 1. The lowest BCUT2D eigenvalue weighted by molar-refractivity contribution is -0.133. The fraction of sp³-hybridized carbons (Fsp3) is 0.625. The first kappa shape index (κ1) is 25.0. The van der Waals surface area contributed by atoms with Gasteiger partial charge in [0.25, 0.3) is 0 Å². The van der Waals surface area contributed by atoms with E-state index >= 15 is 0 Å². The minimum Gasteiger partial charge on any atom is -0.361 e. The average Bonchev–Trinajstić information content (AvgIpc) is 3.44. The molecule has 172 valence electrons. The number of hydrogen-bond donors (Lipinski definition) is 3. The third kappa shape index (κ3) is 7.74. The summed E-state index contributed by atoms with van der Waals surface area (Å²) in [7, 11) is 0. The Labute approximate surface area is 185 Å². The highest BCUT2D eigenvalue weighted by Gasteiger charge is 2.50. The van der Waals surface area contributed by atoms with Crippen LogP contribution in [-0.2, 0) is 25.5 Å². The van der Waals surface area contributed by atoms with E-state index in [-0.39, 0.29) is 23.5 Å². The fourth-order valence-electron chi connectivity index (χ4n) is 3.55. The minimum absolute atomic E-state index is 0.129. The molecule has 4 atom stereocenters. The summed E-state index contributed by atoms with van der Waals surface area (Å²) in [4.78, 5) is 38.7. The number of ketones is 1. The second kappa shape index (κ2) is 10.9. The smallest absolute Gasteiger partial charge is 0.243 e. The Morgan fingerprint density at radius 1 is 0.968 bits per heavy atom. The zero-order chi connectivity index (χ0) is 23.2. The van der Waals surface area contributed by atoms with Gasteiger partial charge >= 0.3 is 0 Å². The molecule has 0 radical (unpaired) electrons. The first-order valence-electron chi connectivity index (χ1n) is 11.1. The quantitative estimate of drug-likeness (QED) is 0.438. The summed E-state index contributed by atoms with van der Waals surface area (Å²) in [5.74, 6) is -0.422. The van der Waals surface area contributed by atoms with Gasteiger partial charge in [-0.3, -0.25) is 14.4 Å². The molecule has 1 fully saturated rings. The number of amides is 2. The van der Waals surface area contributed by atoms with Crippen molar-refractivity contribution in [2.45, 2.75) is 77.6 Å². The highest BCUT2D eigenvalue weighted by molar-refractivity contribution is 5.98. The molecule has 0 spiro atoms. The van der Waals surface area contributed by atoms with Gasteiger partial charge in [-0.25, -0.2) is 0 Å². The number of nitrogens with two attached hydrogens (primary N) is 1. The summed E-state index contributed by atoms with van der Waals surface area (Å²) < 4.78 is 5.30. The summed E-state index contributed by atoms with van der Waals surface area (Å²) in [5.41, 5.74) is 6.10. The highest BCUT2D eigenvalue weighted by atomic mass is 16.6. The van der Waals surface area contributed by atoms with Crippen molar-refractivity contribution in [1.82, 2.24) is 10.6 Å². The Bertz CT molecular complexity index is 759. The Balaban J connectivity index is 2.16. The van der Waals surface area contributed by atoms with Crippen LogP contribution in [0.5, 0.6) is 0 Å². The number of ether oxygens (including phenoxy) is 1. The van der Waals surface area contributed by atoms with Crippen LogP contribution in [0.4, 0.5) is 0 Å². The van der Waals surface area contributed by atoms with Gasteiger partial charge in [-0.1, -0.05) is 58.0 Å². The van der Waals surface area contributed by atoms with Crippen molar-refractivity contribution in [3.63, 3.8) is 0 Å². The predicted molar refractivity (Wildman–Crippen MR) is 120 cm³/mol. The van der Waals surface area contributed by atoms with Gasteiger partial charge in [-0.15, -0.1) is 0 Å². The molecule has 0 aromatic heterocycles. The van der Waals surface area contributed by atoms with E-state index in [4.69, 9.17) is 10.5 Å². The normalized spacial score (nSPS) is 20.8. The minimum atomic E-state index is -0.830. The molecule has 1 aliphatic rings. The van der Waals surface area contributed by atoms with E-state index in [0.717, 1.165) is 5.56 Å². The number of nitrogens with one attached hydrogen (secondary N) is 2. The monoisotopic (exact) mass is 431 g/mol. The molecule has 1 aromatic carbocycles. The second-order valence-electron chi connectivity index (χ2n) is 9.56. The van der Waals surface area contributed by atoms with Crippen molar-refractivity contribution in [2.24, 2.45) is 17.6 Å². The molecule has 1 aromatic rings. The number of carbonyl (C=O) groups excluding carboxylic acids is 3. The van der Waals surface area contributed by atoms with Crippen LogP contribution < -0.4 is 16.4 Å². The molecule has 1 unspecified atom stereocenters. The maximum Gasteiger partial charge on any atom is 0.243 e. The van der Waals surface area contributed by atoms with E-state index in [1.807, 2.05) is 58.0 Å². The molecule has 7 nitrogen and oxygen atoms in total. The van der Waals surface area contributed by atoms with Crippen LogP contribution in [0.1, 0.15) is 53.0 Å². The van der Waals surface area contributed by atoms with Crippen LogP contribution in [0.2, 0.25) is 0 Å². The summed E-state index contributed by atoms with van der Waals surface area (Å²) in [6.45, 7) is 10.1. The lowest BCUT2D eigenvalue weighted by Gasteiger charge is -2.26. The molecule has 2 rings (SSSR count). The van der Waals surface area contributed by atoms with Crippen molar-refractivity contribution >= 4 is 17.6 Å². The van der Waals surface area contributed by atoms with Gasteiger partial charge in [-0.05, 0) is 37.2 Å². The number of epoxide rings is 1. The van der Waals surface area contributed by atoms with Gasteiger partial charge in [0.05, 0.1) is 18.7 Å². The number of rotatable bonds is 12. The van der Waals surface area contributed by atoms with E-state index in [9.17, 15) is 14.4 Å². The first-order valence-corrected chi connectivity index (χ1v) is 11.1. The average molecular weight is 432 g/mol. The van der Waals surface area contributed by atoms with Crippen LogP contribution in [0, 0.1) is 11.8 Å². The van der Waals surface area contributed by atoms with Gasteiger partial charge in [0, 0.05) is 6.42 Å². The summed E-state index contributed by atoms with van der Waals surface area (Å²) in [5, 5.41) is 5.68. The summed E-state index contributed by atoms with van der Waals surface area (Å²) in [6, 6.07) is 7.26. The maximum absolute atomic E-state index is 13.2. The lowest BCUT2D eigenvalue weighted by Crippen LogP contribution is -2.56. The molecule has 7 heteroatoms. The van der Waals surface area contributed by atoms with Gasteiger partial charge in [0.1, 0.15) is 11.6 Å². The van der Waals surface area contributed by atoms with Gasteiger partial charge in [-0.2, -0.15) is 0 Å². The third-order valence-electron chi connectivity index (χ3n) is 5.42. The highest BCUT2D eigenvalue weighted by Crippen LogP contribution is 2.29. The molecule has 4 N–H and O–H groups in total. The number of benzene rings is 1. The van der Waals surface area contributed by atoms with Crippen molar-refractivity contribution < 1.29 is 19.1 Å². The molecule has 1 heterocycles. The summed E-state index contributed by atoms with van der Waals surface area (Å²) >= 11 is 0. The molecule has 1 aliphatic heterocycles. The molecular weight excluding hydrogens is 394 g/mol. The Hall–Kier alpha value is -2.25. The fourth-order valence-corrected chi connectivity index (χ4v) is 3.55. The molecule has 0 saturated carbocycles. The van der Waals surface area contributed by atoms with E-state index in [1.165, 1.54) is 0 Å². The summed E-state index contributed by atoms with van der Waals surface area (Å²) in [6.07, 6.45) is 1.33. The van der Waals surface area contributed by atoms with Crippen LogP contribution >= 0.6 is 0 Å².